The highest BCUT2D eigenvalue weighted by Gasteiger charge is 2.46. The number of rotatable bonds is 13. The number of ether oxygens (including phenoxy) is 3. The van der Waals surface area contributed by atoms with E-state index >= 15 is 0 Å². The zero-order valence-electron chi connectivity index (χ0n) is 20.5. The van der Waals surface area contributed by atoms with Crippen molar-refractivity contribution >= 4 is 35.5 Å². The third-order valence-electron chi connectivity index (χ3n) is 5.99. The first-order valence-corrected chi connectivity index (χ1v) is 12.0. The maximum atomic E-state index is 13.1. The lowest BCUT2D eigenvalue weighted by Gasteiger charge is -2.40. The highest BCUT2D eigenvalue weighted by molar-refractivity contribution is 6.31. The summed E-state index contributed by atoms with van der Waals surface area (Å²) in [7, 11) is 1.29. The molecule has 0 aromatic carbocycles. The standard InChI is InChI=1S/C24H33ClN2O9/c1-4-36-24(33)21-17(12-35-10-9-26-16(22(30)31)11-18(28)29)27-13(2)19(23(32)34-3)20(21)14-7-5-6-8-15(14)25/h6,8,13,16,19-20,26-27H,4-5,7,9-12H2,1-3H3,(H,28,29)(H,30,31). The van der Waals surface area contributed by atoms with Crippen molar-refractivity contribution in [2.45, 2.75) is 45.2 Å². The molecule has 0 aromatic heterocycles. The van der Waals surface area contributed by atoms with Crippen LogP contribution in [0.1, 0.15) is 33.1 Å². The third-order valence-corrected chi connectivity index (χ3v) is 6.36. The minimum Gasteiger partial charge on any atom is -0.481 e. The van der Waals surface area contributed by atoms with Gasteiger partial charge in [0.2, 0.25) is 0 Å². The maximum Gasteiger partial charge on any atom is 0.336 e. The first-order chi connectivity index (χ1) is 17.1. The van der Waals surface area contributed by atoms with Crippen LogP contribution >= 0.6 is 11.6 Å². The van der Waals surface area contributed by atoms with Crippen molar-refractivity contribution < 1.29 is 43.6 Å². The molecule has 0 bridgehead atoms. The molecule has 36 heavy (non-hydrogen) atoms. The van der Waals surface area contributed by atoms with Crippen molar-refractivity contribution in [2.24, 2.45) is 11.8 Å². The Kier molecular flexibility index (Phi) is 11.4. The van der Waals surface area contributed by atoms with Gasteiger partial charge in [0.05, 0.1) is 44.8 Å². The van der Waals surface area contributed by atoms with Gasteiger partial charge < -0.3 is 35.1 Å². The number of hydrogen-bond acceptors (Lipinski definition) is 9. The molecule has 12 heteroatoms. The van der Waals surface area contributed by atoms with Crippen LogP contribution in [-0.2, 0) is 33.4 Å². The fourth-order valence-electron chi connectivity index (χ4n) is 4.40. The monoisotopic (exact) mass is 528 g/mol. The lowest BCUT2D eigenvalue weighted by atomic mass is 9.71. The molecule has 1 aliphatic carbocycles. The van der Waals surface area contributed by atoms with Crippen LogP contribution in [-0.4, -0.2) is 79.6 Å². The van der Waals surface area contributed by atoms with E-state index in [1.807, 2.05) is 6.08 Å². The number of halogens is 1. The van der Waals surface area contributed by atoms with Crippen molar-refractivity contribution in [1.29, 1.82) is 0 Å². The second kappa shape index (κ2) is 14.0. The number of carbonyl (C=O) groups excluding carboxylic acids is 2. The molecule has 2 rings (SSSR count). The Morgan fingerprint density at radius 2 is 2.00 bits per heavy atom. The Hall–Kier alpha value is -2.89. The molecule has 11 nitrogen and oxygen atoms in total. The molecule has 0 spiro atoms. The highest BCUT2D eigenvalue weighted by atomic mass is 35.5. The smallest absolute Gasteiger partial charge is 0.336 e. The van der Waals surface area contributed by atoms with Crippen LogP contribution in [0, 0.1) is 11.8 Å². The zero-order valence-corrected chi connectivity index (χ0v) is 21.3. The molecule has 0 fully saturated rings. The summed E-state index contributed by atoms with van der Waals surface area (Å²) in [5.41, 5.74) is 1.40. The van der Waals surface area contributed by atoms with E-state index in [1.165, 1.54) is 7.11 Å². The summed E-state index contributed by atoms with van der Waals surface area (Å²) < 4.78 is 16.1. The Morgan fingerprint density at radius 1 is 1.28 bits per heavy atom. The number of allylic oxidation sites excluding steroid dienone is 4. The van der Waals surface area contributed by atoms with Crippen molar-refractivity contribution in [3.8, 4) is 0 Å². The van der Waals surface area contributed by atoms with Gasteiger partial charge >= 0.3 is 23.9 Å². The van der Waals surface area contributed by atoms with Crippen LogP contribution in [0.3, 0.4) is 0 Å². The normalized spacial score (nSPS) is 22.6. The minimum atomic E-state index is -1.28. The van der Waals surface area contributed by atoms with Crippen LogP contribution in [0.2, 0.25) is 0 Å². The lowest BCUT2D eigenvalue weighted by Crippen LogP contribution is -2.50. The quantitative estimate of drug-likeness (QED) is 0.203. The zero-order chi connectivity index (χ0) is 26.8. The average Bonchev–Trinajstić information content (AvgIpc) is 2.82. The van der Waals surface area contributed by atoms with Gasteiger partial charge in [0.25, 0.3) is 0 Å². The molecule has 0 saturated heterocycles. The van der Waals surface area contributed by atoms with Gasteiger partial charge in [-0.2, -0.15) is 0 Å². The van der Waals surface area contributed by atoms with Gasteiger partial charge in [-0.1, -0.05) is 17.7 Å². The summed E-state index contributed by atoms with van der Waals surface area (Å²) in [6.45, 7) is 3.65. The molecule has 1 heterocycles. The number of hydrogen-bond donors (Lipinski definition) is 4. The van der Waals surface area contributed by atoms with Crippen LogP contribution in [0.25, 0.3) is 0 Å². The van der Waals surface area contributed by atoms with Gasteiger partial charge in [0.1, 0.15) is 6.04 Å². The average molecular weight is 529 g/mol. The molecule has 2 aliphatic rings. The van der Waals surface area contributed by atoms with Crippen molar-refractivity contribution in [3.63, 3.8) is 0 Å². The second-order valence-corrected chi connectivity index (χ2v) is 8.79. The van der Waals surface area contributed by atoms with Crippen LogP contribution < -0.4 is 10.6 Å². The maximum absolute atomic E-state index is 13.1. The van der Waals surface area contributed by atoms with Crippen molar-refractivity contribution in [1.82, 2.24) is 10.6 Å². The van der Waals surface area contributed by atoms with E-state index in [1.54, 1.807) is 19.9 Å². The van der Waals surface area contributed by atoms with Gasteiger partial charge in [0.15, 0.2) is 0 Å². The molecule has 0 aromatic rings. The largest absolute Gasteiger partial charge is 0.481 e. The number of carboxylic acid groups (broad SMARTS) is 2. The first-order valence-electron chi connectivity index (χ1n) is 11.7. The van der Waals surface area contributed by atoms with Crippen molar-refractivity contribution in [3.05, 3.63) is 34.0 Å². The van der Waals surface area contributed by atoms with E-state index in [0.29, 0.717) is 23.6 Å². The summed E-state index contributed by atoms with van der Waals surface area (Å²) in [5, 5.41) is 24.2. The Labute approximate surface area is 214 Å². The predicted molar refractivity (Wildman–Crippen MR) is 129 cm³/mol. The Balaban J connectivity index is 2.32. The molecule has 4 N–H and O–H groups in total. The lowest BCUT2D eigenvalue weighted by molar-refractivity contribution is -0.148. The Bertz CT molecular complexity index is 944. The summed E-state index contributed by atoms with van der Waals surface area (Å²) in [6.07, 6.45) is 4.35. The van der Waals surface area contributed by atoms with Gasteiger partial charge in [-0.25, -0.2) is 4.79 Å². The van der Waals surface area contributed by atoms with Gasteiger partial charge in [-0.05, 0) is 38.3 Å². The highest BCUT2D eigenvalue weighted by Crippen LogP contribution is 2.42. The van der Waals surface area contributed by atoms with Crippen LogP contribution in [0.4, 0.5) is 0 Å². The molecule has 0 radical (unpaired) electrons. The van der Waals surface area contributed by atoms with Crippen LogP contribution in [0.15, 0.2) is 34.0 Å². The molecular weight excluding hydrogens is 496 g/mol. The number of aliphatic carboxylic acids is 2. The summed E-state index contributed by atoms with van der Waals surface area (Å²) in [4.78, 5) is 48.0. The van der Waals surface area contributed by atoms with E-state index in [4.69, 9.17) is 36.0 Å². The first kappa shape index (κ1) is 29.3. The minimum absolute atomic E-state index is 0.0380. The summed E-state index contributed by atoms with van der Waals surface area (Å²) in [6, 6.07) is -1.68. The molecule has 200 valence electrons. The molecular formula is C24H33ClN2O9. The number of esters is 2. The molecule has 1 aliphatic heterocycles. The summed E-state index contributed by atoms with van der Waals surface area (Å²) >= 11 is 6.52. The SMILES string of the molecule is CCOC(=O)C1=C(COCCNC(CC(=O)O)C(=O)O)NC(C)C(C(=O)OC)C1C1=C(Cl)C=CCC1. The Morgan fingerprint density at radius 3 is 2.58 bits per heavy atom. The molecule has 4 atom stereocenters. The van der Waals surface area contributed by atoms with Crippen LogP contribution in [0.5, 0.6) is 0 Å². The fraction of sp³-hybridized carbons (Fsp3) is 0.583. The fourth-order valence-corrected chi connectivity index (χ4v) is 4.70. The van der Waals surface area contributed by atoms with E-state index < -0.39 is 54.2 Å². The second-order valence-electron chi connectivity index (χ2n) is 8.38. The van der Waals surface area contributed by atoms with E-state index in [2.05, 4.69) is 10.6 Å². The van der Waals surface area contributed by atoms with Gasteiger partial charge in [0, 0.05) is 29.2 Å². The molecule has 0 amide bonds. The van der Waals surface area contributed by atoms with Gasteiger partial charge in [-0.15, -0.1) is 0 Å². The summed E-state index contributed by atoms with van der Waals surface area (Å²) in [5.74, 6) is -5.04. The van der Waals surface area contributed by atoms with Gasteiger partial charge in [-0.3, -0.25) is 14.4 Å². The number of nitrogens with one attached hydrogen (secondary N) is 2. The molecule has 4 unspecified atom stereocenters. The predicted octanol–water partition coefficient (Wildman–Crippen LogP) is 1.58. The third kappa shape index (κ3) is 7.55. The molecule has 0 saturated carbocycles. The topological polar surface area (TPSA) is 160 Å². The number of carbonyl (C=O) groups is 4. The van der Waals surface area contributed by atoms with E-state index in [-0.39, 0.29) is 31.9 Å². The van der Waals surface area contributed by atoms with E-state index in [9.17, 15) is 19.2 Å². The van der Waals surface area contributed by atoms with E-state index in [0.717, 1.165) is 5.57 Å². The van der Waals surface area contributed by atoms with Crippen molar-refractivity contribution in [2.75, 3.05) is 33.5 Å². The number of carboxylic acids is 2. The number of methoxy groups -OCH3 is 1.